The lowest BCUT2D eigenvalue weighted by molar-refractivity contribution is 0.414. The Bertz CT molecular complexity index is 1040. The maximum absolute atomic E-state index is 6.01. The smallest absolute Gasteiger partial charge is 0.161 e. The number of aromatic nitrogens is 3. The Balaban J connectivity index is 1.57. The minimum absolute atomic E-state index is 0.481. The number of aromatic amines is 1. The highest BCUT2D eigenvalue weighted by atomic mass is 32.2. The molecule has 0 aliphatic carbocycles. The van der Waals surface area contributed by atoms with Gasteiger partial charge >= 0.3 is 0 Å². The summed E-state index contributed by atoms with van der Waals surface area (Å²) in [4.78, 5) is 13.4. The second-order valence-electron chi connectivity index (χ2n) is 5.85. The SMILES string of the molecule is COc1ccc(SCc2cc(N)nc(-c3ccc4[nH]ccc4c3)n2)cc1. The van der Waals surface area contributed by atoms with Gasteiger partial charge in [-0.05, 0) is 48.5 Å². The van der Waals surface area contributed by atoms with Crippen molar-refractivity contribution in [2.45, 2.75) is 10.6 Å². The van der Waals surface area contributed by atoms with Crippen molar-refractivity contribution < 1.29 is 4.74 Å². The van der Waals surface area contributed by atoms with Gasteiger partial charge in [-0.2, -0.15) is 0 Å². The van der Waals surface area contributed by atoms with E-state index >= 15 is 0 Å². The molecular weight excluding hydrogens is 344 g/mol. The second-order valence-corrected chi connectivity index (χ2v) is 6.90. The average molecular weight is 362 g/mol. The van der Waals surface area contributed by atoms with Crippen LogP contribution in [-0.4, -0.2) is 22.1 Å². The fraction of sp³-hybridized carbons (Fsp3) is 0.100. The number of nitrogen functional groups attached to an aromatic ring is 1. The average Bonchev–Trinajstić information content (AvgIpc) is 3.14. The van der Waals surface area contributed by atoms with Crippen molar-refractivity contribution in [3.8, 4) is 17.1 Å². The van der Waals surface area contributed by atoms with E-state index < -0.39 is 0 Å². The van der Waals surface area contributed by atoms with E-state index in [1.807, 2.05) is 54.7 Å². The molecule has 26 heavy (non-hydrogen) atoms. The van der Waals surface area contributed by atoms with Gasteiger partial charge < -0.3 is 15.5 Å². The highest BCUT2D eigenvalue weighted by Crippen LogP contribution is 2.27. The number of rotatable bonds is 5. The van der Waals surface area contributed by atoms with Crippen LogP contribution < -0.4 is 10.5 Å². The molecule has 130 valence electrons. The number of benzene rings is 2. The van der Waals surface area contributed by atoms with Crippen LogP contribution in [0, 0.1) is 0 Å². The summed E-state index contributed by atoms with van der Waals surface area (Å²) in [5, 5.41) is 1.13. The van der Waals surface area contributed by atoms with Gasteiger partial charge in [0.15, 0.2) is 5.82 Å². The van der Waals surface area contributed by atoms with Crippen LogP contribution in [0.3, 0.4) is 0 Å². The predicted octanol–water partition coefficient (Wildman–Crippen LogP) is 4.51. The van der Waals surface area contributed by atoms with Crippen molar-refractivity contribution in [3.63, 3.8) is 0 Å². The van der Waals surface area contributed by atoms with Gasteiger partial charge in [0, 0.05) is 39.4 Å². The summed E-state index contributed by atoms with van der Waals surface area (Å²) in [6.45, 7) is 0. The molecule has 0 fully saturated rings. The maximum atomic E-state index is 6.01. The maximum Gasteiger partial charge on any atom is 0.161 e. The van der Waals surface area contributed by atoms with Crippen molar-refractivity contribution in [3.05, 3.63) is 66.5 Å². The highest BCUT2D eigenvalue weighted by Gasteiger charge is 2.08. The Morgan fingerprint density at radius 1 is 1.04 bits per heavy atom. The van der Waals surface area contributed by atoms with Gasteiger partial charge in [0.25, 0.3) is 0 Å². The molecule has 0 spiro atoms. The lowest BCUT2D eigenvalue weighted by atomic mass is 10.1. The number of ether oxygens (including phenoxy) is 1. The second kappa shape index (κ2) is 7.09. The minimum atomic E-state index is 0.481. The molecule has 0 unspecified atom stereocenters. The van der Waals surface area contributed by atoms with E-state index in [4.69, 9.17) is 15.5 Å². The van der Waals surface area contributed by atoms with E-state index in [0.717, 1.165) is 38.6 Å². The van der Waals surface area contributed by atoms with Crippen molar-refractivity contribution in [2.75, 3.05) is 12.8 Å². The van der Waals surface area contributed by atoms with Gasteiger partial charge in [0.05, 0.1) is 12.8 Å². The third-order valence-corrected chi connectivity index (χ3v) is 5.10. The Labute approximate surface area is 155 Å². The van der Waals surface area contributed by atoms with Gasteiger partial charge in [-0.1, -0.05) is 0 Å². The van der Waals surface area contributed by atoms with Gasteiger partial charge in [-0.25, -0.2) is 9.97 Å². The zero-order valence-electron chi connectivity index (χ0n) is 14.3. The number of anilines is 1. The number of nitrogens with zero attached hydrogens (tertiary/aromatic N) is 2. The molecule has 0 saturated heterocycles. The summed E-state index contributed by atoms with van der Waals surface area (Å²) in [6, 6.07) is 17.9. The molecule has 0 radical (unpaired) electrons. The number of hydrogen-bond acceptors (Lipinski definition) is 5. The van der Waals surface area contributed by atoms with E-state index in [2.05, 4.69) is 16.0 Å². The van der Waals surface area contributed by atoms with Crippen LogP contribution in [0.4, 0.5) is 5.82 Å². The molecule has 6 heteroatoms. The first-order valence-corrected chi connectivity index (χ1v) is 9.17. The van der Waals surface area contributed by atoms with Gasteiger partial charge in [-0.3, -0.25) is 0 Å². The van der Waals surface area contributed by atoms with Crippen LogP contribution in [0.1, 0.15) is 5.69 Å². The number of nitrogens with one attached hydrogen (secondary N) is 1. The Morgan fingerprint density at radius 2 is 1.88 bits per heavy atom. The number of nitrogens with two attached hydrogens (primary N) is 1. The Hall–Kier alpha value is -2.99. The molecule has 0 aliphatic rings. The van der Waals surface area contributed by atoms with E-state index in [1.165, 1.54) is 0 Å². The van der Waals surface area contributed by atoms with Gasteiger partial charge in [-0.15, -0.1) is 11.8 Å². The summed E-state index contributed by atoms with van der Waals surface area (Å²) in [5.74, 6) is 2.70. The first-order valence-electron chi connectivity index (χ1n) is 8.19. The number of methoxy groups -OCH3 is 1. The van der Waals surface area contributed by atoms with E-state index in [-0.39, 0.29) is 0 Å². The van der Waals surface area contributed by atoms with Crippen LogP contribution >= 0.6 is 11.8 Å². The molecule has 0 bridgehead atoms. The Kier molecular flexibility index (Phi) is 4.50. The number of hydrogen-bond donors (Lipinski definition) is 2. The molecule has 0 atom stereocenters. The molecule has 2 aromatic carbocycles. The van der Waals surface area contributed by atoms with Crippen LogP contribution in [0.15, 0.2) is 65.7 Å². The number of H-pyrrole nitrogens is 1. The zero-order chi connectivity index (χ0) is 17.9. The van der Waals surface area contributed by atoms with Crippen molar-refractivity contribution >= 4 is 28.5 Å². The lowest BCUT2D eigenvalue weighted by Crippen LogP contribution is -1.99. The summed E-state index contributed by atoms with van der Waals surface area (Å²) in [7, 11) is 1.66. The predicted molar refractivity (Wildman–Crippen MR) is 106 cm³/mol. The highest BCUT2D eigenvalue weighted by molar-refractivity contribution is 7.98. The van der Waals surface area contributed by atoms with Crippen molar-refractivity contribution in [1.29, 1.82) is 0 Å². The third-order valence-electron chi connectivity index (χ3n) is 4.06. The fourth-order valence-electron chi connectivity index (χ4n) is 2.74. The topological polar surface area (TPSA) is 76.8 Å². The lowest BCUT2D eigenvalue weighted by Gasteiger charge is -2.07. The van der Waals surface area contributed by atoms with Gasteiger partial charge in [0.2, 0.25) is 0 Å². The van der Waals surface area contributed by atoms with Crippen LogP contribution in [0.5, 0.6) is 5.75 Å². The summed E-state index contributed by atoms with van der Waals surface area (Å²) in [6.07, 6.45) is 1.92. The Morgan fingerprint density at radius 3 is 2.69 bits per heavy atom. The fourth-order valence-corrected chi connectivity index (χ4v) is 3.53. The monoisotopic (exact) mass is 362 g/mol. The van der Waals surface area contributed by atoms with Crippen molar-refractivity contribution in [1.82, 2.24) is 15.0 Å². The van der Waals surface area contributed by atoms with Crippen LogP contribution in [0.2, 0.25) is 0 Å². The van der Waals surface area contributed by atoms with Crippen LogP contribution in [0.25, 0.3) is 22.3 Å². The molecule has 0 amide bonds. The molecule has 2 heterocycles. The summed E-state index contributed by atoms with van der Waals surface area (Å²) >= 11 is 1.70. The molecule has 5 nitrogen and oxygen atoms in total. The molecule has 4 aromatic rings. The standard InChI is InChI=1S/C20H18N4OS/c1-25-16-3-5-17(6-4-16)26-12-15-11-19(21)24-20(23-15)14-2-7-18-13(10-14)8-9-22-18/h2-11,22H,12H2,1H3,(H2,21,23,24). The van der Waals surface area contributed by atoms with E-state index in [9.17, 15) is 0 Å². The van der Waals surface area contributed by atoms with Gasteiger partial charge in [0.1, 0.15) is 11.6 Å². The quantitative estimate of drug-likeness (QED) is 0.511. The number of fused-ring (bicyclic) bond motifs is 1. The first kappa shape index (κ1) is 16.5. The molecule has 3 N–H and O–H groups in total. The molecular formula is C20H18N4OS. The van der Waals surface area contributed by atoms with Crippen LogP contribution in [-0.2, 0) is 5.75 Å². The third kappa shape index (κ3) is 3.50. The van der Waals surface area contributed by atoms with E-state index in [1.54, 1.807) is 18.9 Å². The summed E-state index contributed by atoms with van der Waals surface area (Å²) < 4.78 is 5.19. The normalized spacial score (nSPS) is 11.0. The molecule has 0 aliphatic heterocycles. The molecule has 2 aromatic heterocycles. The summed E-state index contributed by atoms with van der Waals surface area (Å²) in [5.41, 5.74) is 8.97. The largest absolute Gasteiger partial charge is 0.497 e. The minimum Gasteiger partial charge on any atom is -0.497 e. The zero-order valence-corrected chi connectivity index (χ0v) is 15.1. The van der Waals surface area contributed by atoms with E-state index in [0.29, 0.717) is 11.6 Å². The first-order chi connectivity index (χ1) is 12.7. The molecule has 4 rings (SSSR count). The molecule has 0 saturated carbocycles. The number of thioether (sulfide) groups is 1. The van der Waals surface area contributed by atoms with Crippen molar-refractivity contribution in [2.24, 2.45) is 0 Å².